The number of halogens is 2. The quantitative estimate of drug-likeness (QED) is 0.934. The van der Waals surface area contributed by atoms with Gasteiger partial charge in [-0.3, -0.25) is 0 Å². The Balaban J connectivity index is 2.01. The zero-order valence-corrected chi connectivity index (χ0v) is 12.6. The summed E-state index contributed by atoms with van der Waals surface area (Å²) in [7, 11) is 0. The van der Waals surface area contributed by atoms with E-state index in [1.54, 1.807) is 12.1 Å². The summed E-state index contributed by atoms with van der Waals surface area (Å²) >= 11 is 5.83. The second-order valence-electron chi connectivity index (χ2n) is 5.20. The standard InChI is InChI=1S/C16H17ClFN3/c1-2-19-13-7-4-8-14-11(13)9-20-16(21-14)10-5-3-6-12(17)15(10)18/h3,5-6,9,13,19H,2,4,7-8H2,1H3. The van der Waals surface area contributed by atoms with Gasteiger partial charge in [0.05, 0.1) is 10.6 Å². The van der Waals surface area contributed by atoms with Gasteiger partial charge < -0.3 is 5.32 Å². The molecule has 3 nitrogen and oxygen atoms in total. The van der Waals surface area contributed by atoms with Gasteiger partial charge in [0, 0.05) is 23.5 Å². The van der Waals surface area contributed by atoms with Gasteiger partial charge in [-0.2, -0.15) is 0 Å². The van der Waals surface area contributed by atoms with Crippen molar-refractivity contribution in [1.82, 2.24) is 15.3 Å². The van der Waals surface area contributed by atoms with Crippen molar-refractivity contribution in [3.05, 3.63) is 46.5 Å². The molecule has 0 saturated heterocycles. The average molecular weight is 306 g/mol. The van der Waals surface area contributed by atoms with Crippen molar-refractivity contribution in [2.45, 2.75) is 32.2 Å². The normalized spacial score (nSPS) is 17.6. The van der Waals surface area contributed by atoms with E-state index in [1.807, 2.05) is 6.20 Å². The predicted molar refractivity (Wildman–Crippen MR) is 81.8 cm³/mol. The summed E-state index contributed by atoms with van der Waals surface area (Å²) in [6.07, 6.45) is 4.91. The fourth-order valence-electron chi connectivity index (χ4n) is 2.81. The van der Waals surface area contributed by atoms with Crippen LogP contribution in [0.2, 0.25) is 5.02 Å². The van der Waals surface area contributed by atoms with Crippen LogP contribution in [0.25, 0.3) is 11.4 Å². The number of fused-ring (bicyclic) bond motifs is 1. The fraction of sp³-hybridized carbons (Fsp3) is 0.375. The lowest BCUT2D eigenvalue weighted by atomic mass is 9.92. The summed E-state index contributed by atoms with van der Waals surface area (Å²) in [5.41, 5.74) is 2.50. The average Bonchev–Trinajstić information content (AvgIpc) is 2.50. The molecule has 0 spiro atoms. The first-order valence-corrected chi connectivity index (χ1v) is 7.62. The molecule has 0 fully saturated rings. The summed E-state index contributed by atoms with van der Waals surface area (Å²) in [4.78, 5) is 8.92. The second-order valence-corrected chi connectivity index (χ2v) is 5.61. The summed E-state index contributed by atoms with van der Waals surface area (Å²) < 4.78 is 14.1. The molecule has 1 N–H and O–H groups in total. The summed E-state index contributed by atoms with van der Waals surface area (Å²) in [5.74, 6) is -0.0518. The fourth-order valence-corrected chi connectivity index (χ4v) is 2.99. The van der Waals surface area contributed by atoms with Crippen LogP contribution >= 0.6 is 11.6 Å². The molecule has 1 aromatic heterocycles. The Bertz CT molecular complexity index is 660. The molecule has 110 valence electrons. The zero-order chi connectivity index (χ0) is 14.8. The van der Waals surface area contributed by atoms with Crippen LogP contribution in [-0.4, -0.2) is 16.5 Å². The number of nitrogens with one attached hydrogen (secondary N) is 1. The van der Waals surface area contributed by atoms with E-state index in [4.69, 9.17) is 11.6 Å². The highest BCUT2D eigenvalue weighted by molar-refractivity contribution is 6.31. The zero-order valence-electron chi connectivity index (χ0n) is 11.9. The maximum atomic E-state index is 14.1. The van der Waals surface area contributed by atoms with E-state index in [-0.39, 0.29) is 5.02 Å². The third-order valence-electron chi connectivity index (χ3n) is 3.82. The molecule has 1 heterocycles. The molecular formula is C16H17ClFN3. The van der Waals surface area contributed by atoms with Gasteiger partial charge >= 0.3 is 0 Å². The van der Waals surface area contributed by atoms with Crippen molar-refractivity contribution in [2.75, 3.05) is 6.54 Å². The van der Waals surface area contributed by atoms with Gasteiger partial charge in [0.25, 0.3) is 0 Å². The smallest absolute Gasteiger partial charge is 0.162 e. The summed E-state index contributed by atoms with van der Waals surface area (Å²) in [6, 6.07) is 5.20. The molecule has 1 unspecified atom stereocenters. The molecular weight excluding hydrogens is 289 g/mol. The van der Waals surface area contributed by atoms with E-state index in [2.05, 4.69) is 22.2 Å². The van der Waals surface area contributed by atoms with Gasteiger partial charge in [0.2, 0.25) is 0 Å². The van der Waals surface area contributed by atoms with Gasteiger partial charge in [0.15, 0.2) is 11.6 Å². The first kappa shape index (κ1) is 14.4. The second kappa shape index (κ2) is 6.08. The number of hydrogen-bond acceptors (Lipinski definition) is 3. The van der Waals surface area contributed by atoms with Crippen LogP contribution in [0, 0.1) is 5.82 Å². The number of aromatic nitrogens is 2. The molecule has 0 bridgehead atoms. The van der Waals surface area contributed by atoms with Gasteiger partial charge in [-0.15, -0.1) is 0 Å². The Hall–Kier alpha value is -1.52. The number of rotatable bonds is 3. The van der Waals surface area contributed by atoms with Crippen molar-refractivity contribution in [1.29, 1.82) is 0 Å². The minimum atomic E-state index is -0.460. The van der Waals surface area contributed by atoms with Crippen molar-refractivity contribution < 1.29 is 4.39 Å². The maximum absolute atomic E-state index is 14.1. The van der Waals surface area contributed by atoms with Crippen LogP contribution in [0.4, 0.5) is 4.39 Å². The number of aryl methyl sites for hydroxylation is 1. The lowest BCUT2D eigenvalue weighted by Crippen LogP contribution is -2.26. The number of hydrogen-bond donors (Lipinski definition) is 1. The molecule has 5 heteroatoms. The van der Waals surface area contributed by atoms with Gasteiger partial charge in [-0.25, -0.2) is 14.4 Å². The molecule has 3 rings (SSSR count). The highest BCUT2D eigenvalue weighted by Gasteiger charge is 2.22. The van der Waals surface area contributed by atoms with Crippen LogP contribution in [0.3, 0.4) is 0 Å². The Morgan fingerprint density at radius 2 is 2.29 bits per heavy atom. The first-order valence-electron chi connectivity index (χ1n) is 7.24. The molecule has 2 aromatic rings. The molecule has 0 aliphatic heterocycles. The lowest BCUT2D eigenvalue weighted by Gasteiger charge is -2.25. The van der Waals surface area contributed by atoms with Gasteiger partial charge in [-0.1, -0.05) is 24.6 Å². The number of benzene rings is 1. The topological polar surface area (TPSA) is 37.8 Å². The minimum Gasteiger partial charge on any atom is -0.310 e. The van der Waals surface area contributed by atoms with Crippen molar-refractivity contribution >= 4 is 11.6 Å². The number of nitrogens with zero attached hydrogens (tertiary/aromatic N) is 2. The monoisotopic (exact) mass is 305 g/mol. The molecule has 1 aromatic carbocycles. The van der Waals surface area contributed by atoms with E-state index < -0.39 is 5.82 Å². The van der Waals surface area contributed by atoms with E-state index in [9.17, 15) is 4.39 Å². The molecule has 0 radical (unpaired) electrons. The maximum Gasteiger partial charge on any atom is 0.162 e. The van der Waals surface area contributed by atoms with Gasteiger partial charge in [0.1, 0.15) is 0 Å². The van der Waals surface area contributed by atoms with Crippen LogP contribution < -0.4 is 5.32 Å². The van der Waals surface area contributed by atoms with E-state index in [1.165, 1.54) is 6.07 Å². The van der Waals surface area contributed by atoms with Crippen LogP contribution in [-0.2, 0) is 6.42 Å². The molecule has 1 aliphatic rings. The third-order valence-corrected chi connectivity index (χ3v) is 4.12. The van der Waals surface area contributed by atoms with E-state index in [0.29, 0.717) is 17.4 Å². The van der Waals surface area contributed by atoms with Crippen molar-refractivity contribution in [2.24, 2.45) is 0 Å². The Kier molecular flexibility index (Phi) is 4.17. The molecule has 0 saturated carbocycles. The molecule has 1 atom stereocenters. The Morgan fingerprint density at radius 1 is 1.43 bits per heavy atom. The largest absolute Gasteiger partial charge is 0.310 e. The molecule has 1 aliphatic carbocycles. The molecule has 21 heavy (non-hydrogen) atoms. The van der Waals surface area contributed by atoms with Crippen LogP contribution in [0.15, 0.2) is 24.4 Å². The van der Waals surface area contributed by atoms with Gasteiger partial charge in [-0.05, 0) is 37.9 Å². The third kappa shape index (κ3) is 2.78. The highest BCUT2D eigenvalue weighted by atomic mass is 35.5. The Morgan fingerprint density at radius 3 is 3.10 bits per heavy atom. The summed E-state index contributed by atoms with van der Waals surface area (Å²) in [6.45, 7) is 3.00. The van der Waals surface area contributed by atoms with Crippen LogP contribution in [0.1, 0.15) is 37.1 Å². The van der Waals surface area contributed by atoms with Crippen molar-refractivity contribution in [3.8, 4) is 11.4 Å². The predicted octanol–water partition coefficient (Wildman–Crippen LogP) is 3.92. The van der Waals surface area contributed by atoms with Crippen molar-refractivity contribution in [3.63, 3.8) is 0 Å². The first-order chi connectivity index (χ1) is 10.2. The SMILES string of the molecule is CCNC1CCCc2nc(-c3cccc(Cl)c3F)ncc21. The van der Waals surface area contributed by atoms with E-state index >= 15 is 0 Å². The van der Waals surface area contributed by atoms with E-state index in [0.717, 1.165) is 37.1 Å². The highest BCUT2D eigenvalue weighted by Crippen LogP contribution is 2.31. The minimum absolute atomic E-state index is 0.0966. The lowest BCUT2D eigenvalue weighted by molar-refractivity contribution is 0.464. The molecule has 0 amide bonds. The summed E-state index contributed by atoms with van der Waals surface area (Å²) in [5, 5.41) is 3.54. The Labute approximate surface area is 128 Å². The van der Waals surface area contributed by atoms with Crippen LogP contribution in [0.5, 0.6) is 0 Å².